The minimum atomic E-state index is -0.810. The summed E-state index contributed by atoms with van der Waals surface area (Å²) < 4.78 is 10.5. The maximum Gasteiger partial charge on any atom is 0.341 e. The van der Waals surface area contributed by atoms with E-state index in [1.165, 1.54) is 12.1 Å². The SMILES string of the molecule is COC(=O)c1cc([N+](=O)[O-])ccc1Oc1ccccc1-c1n[nH]nc1C(N)=O. The van der Waals surface area contributed by atoms with Crippen molar-refractivity contribution in [2.75, 3.05) is 7.11 Å². The number of H-pyrrole nitrogens is 1. The van der Waals surface area contributed by atoms with Crippen LogP contribution in [0.1, 0.15) is 20.8 Å². The number of ether oxygens (including phenoxy) is 2. The Labute approximate surface area is 157 Å². The second-order valence-corrected chi connectivity index (χ2v) is 5.41. The summed E-state index contributed by atoms with van der Waals surface area (Å²) in [5.41, 5.74) is 5.31. The van der Waals surface area contributed by atoms with Crippen LogP contribution in [0.2, 0.25) is 0 Å². The van der Waals surface area contributed by atoms with Crippen molar-refractivity contribution in [3.05, 3.63) is 63.8 Å². The average molecular weight is 383 g/mol. The molecular weight excluding hydrogens is 370 g/mol. The van der Waals surface area contributed by atoms with Crippen molar-refractivity contribution in [1.82, 2.24) is 15.4 Å². The maximum absolute atomic E-state index is 12.0. The Morgan fingerprint density at radius 2 is 1.89 bits per heavy atom. The summed E-state index contributed by atoms with van der Waals surface area (Å²) in [6.07, 6.45) is 0. The predicted octanol–water partition coefficient (Wildman–Crippen LogP) is 2.06. The average Bonchev–Trinajstić information content (AvgIpc) is 3.18. The molecule has 3 rings (SSSR count). The fourth-order valence-corrected chi connectivity index (χ4v) is 2.45. The molecule has 1 heterocycles. The monoisotopic (exact) mass is 383 g/mol. The van der Waals surface area contributed by atoms with Crippen molar-refractivity contribution >= 4 is 17.6 Å². The fourth-order valence-electron chi connectivity index (χ4n) is 2.45. The Morgan fingerprint density at radius 1 is 1.14 bits per heavy atom. The standard InChI is InChI=1S/C17H13N5O6/c1-27-17(24)11-8-9(22(25)26)6-7-13(11)28-12-5-3-2-4-10(12)14-15(16(18)23)20-21-19-14/h2-8H,1H3,(H2,18,23)(H,19,20,21). The number of amides is 1. The number of nitro benzene ring substituents is 1. The number of hydrogen-bond donors (Lipinski definition) is 2. The molecule has 2 aromatic carbocycles. The second kappa shape index (κ2) is 7.53. The van der Waals surface area contributed by atoms with E-state index in [0.717, 1.165) is 13.2 Å². The molecule has 1 amide bonds. The van der Waals surface area contributed by atoms with Crippen LogP contribution in [0.15, 0.2) is 42.5 Å². The predicted molar refractivity (Wildman–Crippen MR) is 94.8 cm³/mol. The van der Waals surface area contributed by atoms with Gasteiger partial charge in [0, 0.05) is 17.7 Å². The molecule has 0 radical (unpaired) electrons. The summed E-state index contributed by atoms with van der Waals surface area (Å²) in [5, 5.41) is 21.0. The Morgan fingerprint density at radius 3 is 2.57 bits per heavy atom. The number of methoxy groups -OCH3 is 1. The van der Waals surface area contributed by atoms with Crippen LogP contribution in [0.5, 0.6) is 11.5 Å². The number of para-hydroxylation sites is 1. The van der Waals surface area contributed by atoms with Gasteiger partial charge in [0.15, 0.2) is 5.69 Å². The molecule has 142 valence electrons. The molecule has 0 spiro atoms. The number of esters is 1. The first-order valence-electron chi connectivity index (χ1n) is 7.77. The van der Waals surface area contributed by atoms with E-state index in [2.05, 4.69) is 20.1 Å². The third-order valence-corrected chi connectivity index (χ3v) is 3.72. The summed E-state index contributed by atoms with van der Waals surface area (Å²) in [7, 11) is 1.15. The van der Waals surface area contributed by atoms with Gasteiger partial charge in [0.05, 0.1) is 12.0 Å². The zero-order chi connectivity index (χ0) is 20.3. The minimum absolute atomic E-state index is 0.0222. The first kappa shape index (κ1) is 18.5. The Hall–Kier alpha value is -4.28. The Balaban J connectivity index is 2.08. The van der Waals surface area contributed by atoms with Crippen molar-refractivity contribution in [2.45, 2.75) is 0 Å². The lowest BCUT2D eigenvalue weighted by atomic mass is 10.1. The largest absolute Gasteiger partial charge is 0.465 e. The van der Waals surface area contributed by atoms with Crippen LogP contribution in [0, 0.1) is 10.1 Å². The molecule has 0 atom stereocenters. The van der Waals surface area contributed by atoms with Crippen molar-refractivity contribution in [3.8, 4) is 22.8 Å². The molecule has 3 aromatic rings. The lowest BCUT2D eigenvalue weighted by Gasteiger charge is -2.12. The van der Waals surface area contributed by atoms with Crippen LogP contribution in [0.25, 0.3) is 11.3 Å². The fraction of sp³-hybridized carbons (Fsp3) is 0.0588. The van der Waals surface area contributed by atoms with E-state index in [1.54, 1.807) is 24.3 Å². The van der Waals surface area contributed by atoms with Gasteiger partial charge in [-0.15, -0.1) is 0 Å². The molecule has 0 aliphatic rings. The van der Waals surface area contributed by atoms with Crippen LogP contribution < -0.4 is 10.5 Å². The Kier molecular flexibility index (Phi) is 4.98. The summed E-state index contributed by atoms with van der Waals surface area (Å²) in [6.45, 7) is 0. The van der Waals surface area contributed by atoms with Crippen molar-refractivity contribution in [1.29, 1.82) is 0 Å². The first-order chi connectivity index (χ1) is 13.4. The molecule has 28 heavy (non-hydrogen) atoms. The molecule has 11 heteroatoms. The topological polar surface area (TPSA) is 163 Å². The van der Waals surface area contributed by atoms with Gasteiger partial charge in [-0.1, -0.05) is 12.1 Å². The van der Waals surface area contributed by atoms with Crippen LogP contribution >= 0.6 is 0 Å². The minimum Gasteiger partial charge on any atom is -0.465 e. The zero-order valence-electron chi connectivity index (χ0n) is 14.4. The molecule has 3 N–H and O–H groups in total. The summed E-state index contributed by atoms with van der Waals surface area (Å²) in [4.78, 5) is 33.9. The van der Waals surface area contributed by atoms with Crippen molar-refractivity contribution in [2.24, 2.45) is 5.73 Å². The molecule has 0 bridgehead atoms. The Bertz CT molecular complexity index is 1080. The number of benzene rings is 2. The van der Waals surface area contributed by atoms with Gasteiger partial charge < -0.3 is 15.2 Å². The third-order valence-electron chi connectivity index (χ3n) is 3.72. The van der Waals surface area contributed by atoms with Gasteiger partial charge in [-0.3, -0.25) is 14.9 Å². The molecule has 0 saturated heterocycles. The van der Waals surface area contributed by atoms with Gasteiger partial charge in [0.1, 0.15) is 22.8 Å². The van der Waals surface area contributed by atoms with Gasteiger partial charge in [0.25, 0.3) is 11.6 Å². The van der Waals surface area contributed by atoms with E-state index in [9.17, 15) is 19.7 Å². The lowest BCUT2D eigenvalue weighted by Crippen LogP contribution is -2.13. The van der Waals surface area contributed by atoms with E-state index in [1.807, 2.05) is 0 Å². The van der Waals surface area contributed by atoms with Crippen LogP contribution in [0.3, 0.4) is 0 Å². The number of aromatic amines is 1. The highest BCUT2D eigenvalue weighted by molar-refractivity contribution is 5.97. The third kappa shape index (κ3) is 3.49. The molecule has 0 fully saturated rings. The van der Waals surface area contributed by atoms with Gasteiger partial charge in [-0.2, -0.15) is 15.4 Å². The molecule has 0 aliphatic carbocycles. The summed E-state index contributed by atoms with van der Waals surface area (Å²) in [5.74, 6) is -1.36. The maximum atomic E-state index is 12.0. The molecule has 11 nitrogen and oxygen atoms in total. The number of non-ortho nitro benzene ring substituents is 1. The highest BCUT2D eigenvalue weighted by Gasteiger charge is 2.22. The molecule has 0 aliphatic heterocycles. The number of nitro groups is 1. The highest BCUT2D eigenvalue weighted by atomic mass is 16.6. The lowest BCUT2D eigenvalue weighted by molar-refractivity contribution is -0.384. The summed E-state index contributed by atoms with van der Waals surface area (Å²) in [6, 6.07) is 10.0. The number of carbonyl (C=O) groups is 2. The number of nitrogens with two attached hydrogens (primary N) is 1. The van der Waals surface area contributed by atoms with Gasteiger partial charge in [-0.25, -0.2) is 4.79 Å². The van der Waals surface area contributed by atoms with E-state index < -0.39 is 16.8 Å². The number of primary amides is 1. The molecule has 0 saturated carbocycles. The normalized spacial score (nSPS) is 10.3. The number of nitrogens with zero attached hydrogens (tertiary/aromatic N) is 3. The van der Waals surface area contributed by atoms with Gasteiger partial charge in [-0.05, 0) is 18.2 Å². The van der Waals surface area contributed by atoms with E-state index in [4.69, 9.17) is 10.5 Å². The van der Waals surface area contributed by atoms with Gasteiger partial charge >= 0.3 is 5.97 Å². The van der Waals surface area contributed by atoms with E-state index in [-0.39, 0.29) is 34.1 Å². The number of rotatable bonds is 6. The number of carbonyl (C=O) groups excluding carboxylic acids is 2. The van der Waals surface area contributed by atoms with Gasteiger partial charge in [0.2, 0.25) is 0 Å². The number of aromatic nitrogens is 3. The zero-order valence-corrected chi connectivity index (χ0v) is 14.4. The quantitative estimate of drug-likeness (QED) is 0.371. The number of nitrogens with one attached hydrogen (secondary N) is 1. The second-order valence-electron chi connectivity index (χ2n) is 5.41. The smallest absolute Gasteiger partial charge is 0.341 e. The van der Waals surface area contributed by atoms with Crippen LogP contribution in [-0.2, 0) is 4.74 Å². The number of hydrogen-bond acceptors (Lipinski definition) is 8. The molecule has 1 aromatic heterocycles. The van der Waals surface area contributed by atoms with E-state index in [0.29, 0.717) is 5.56 Å². The van der Waals surface area contributed by atoms with Crippen LogP contribution in [-0.4, -0.2) is 39.3 Å². The van der Waals surface area contributed by atoms with Crippen molar-refractivity contribution in [3.63, 3.8) is 0 Å². The van der Waals surface area contributed by atoms with Crippen molar-refractivity contribution < 1.29 is 24.0 Å². The van der Waals surface area contributed by atoms with Crippen LogP contribution in [0.4, 0.5) is 5.69 Å². The highest BCUT2D eigenvalue weighted by Crippen LogP contribution is 2.35. The molecule has 0 unspecified atom stereocenters. The molecular formula is C17H13N5O6. The van der Waals surface area contributed by atoms with E-state index >= 15 is 0 Å². The summed E-state index contributed by atoms with van der Waals surface area (Å²) >= 11 is 0. The first-order valence-corrected chi connectivity index (χ1v) is 7.77.